The Balaban J connectivity index is 2.06. The summed E-state index contributed by atoms with van der Waals surface area (Å²) in [5, 5.41) is 3.24. The maximum atomic E-state index is 12.4. The van der Waals surface area contributed by atoms with Gasteiger partial charge in [-0.1, -0.05) is 6.92 Å². The van der Waals surface area contributed by atoms with Gasteiger partial charge in [0, 0.05) is 30.4 Å². The summed E-state index contributed by atoms with van der Waals surface area (Å²) >= 11 is 0. The first-order valence-electron chi connectivity index (χ1n) is 6.91. The predicted molar refractivity (Wildman–Crippen MR) is 75.0 cm³/mol. The van der Waals surface area contributed by atoms with Crippen molar-refractivity contribution in [2.24, 2.45) is 0 Å². The molecule has 1 saturated carbocycles. The molecular weight excluding hydrogens is 224 g/mol. The molecule has 1 aromatic rings. The van der Waals surface area contributed by atoms with Gasteiger partial charge < -0.3 is 10.2 Å². The van der Waals surface area contributed by atoms with Crippen molar-refractivity contribution in [1.29, 1.82) is 0 Å². The Bertz CT molecular complexity index is 395. The molecule has 0 aliphatic heterocycles. The summed E-state index contributed by atoms with van der Waals surface area (Å²) in [6.07, 6.45) is 3.36. The molecule has 0 saturated heterocycles. The van der Waals surface area contributed by atoms with Crippen molar-refractivity contribution in [2.45, 2.75) is 39.2 Å². The van der Waals surface area contributed by atoms with Gasteiger partial charge >= 0.3 is 0 Å². The molecule has 0 aromatic heterocycles. The van der Waals surface area contributed by atoms with E-state index in [1.54, 1.807) is 0 Å². The van der Waals surface area contributed by atoms with Gasteiger partial charge in [0.15, 0.2) is 0 Å². The van der Waals surface area contributed by atoms with Crippen molar-refractivity contribution in [3.63, 3.8) is 0 Å². The van der Waals surface area contributed by atoms with Crippen LogP contribution in [0.4, 0.5) is 5.69 Å². The molecule has 98 valence electrons. The maximum absolute atomic E-state index is 12.4. The Kier molecular flexibility index (Phi) is 4.24. The number of anilines is 1. The van der Waals surface area contributed by atoms with E-state index in [9.17, 15) is 4.79 Å². The molecular formula is C15H22N2O. The molecule has 0 spiro atoms. The average Bonchev–Trinajstić information content (AvgIpc) is 3.21. The second kappa shape index (κ2) is 5.89. The Morgan fingerprint density at radius 3 is 2.44 bits per heavy atom. The van der Waals surface area contributed by atoms with E-state index in [0.717, 1.165) is 30.8 Å². The molecule has 0 radical (unpaired) electrons. The Hall–Kier alpha value is -1.51. The number of hydrogen-bond acceptors (Lipinski definition) is 2. The van der Waals surface area contributed by atoms with Gasteiger partial charge in [0.2, 0.25) is 0 Å². The lowest BCUT2D eigenvalue weighted by atomic mass is 10.1. The van der Waals surface area contributed by atoms with Gasteiger partial charge in [-0.3, -0.25) is 4.79 Å². The van der Waals surface area contributed by atoms with Crippen LogP contribution >= 0.6 is 0 Å². The number of benzene rings is 1. The number of carbonyl (C=O) groups is 1. The molecule has 3 heteroatoms. The van der Waals surface area contributed by atoms with E-state index in [1.165, 1.54) is 12.8 Å². The second-order valence-corrected chi connectivity index (χ2v) is 4.84. The zero-order chi connectivity index (χ0) is 13.0. The van der Waals surface area contributed by atoms with Crippen molar-refractivity contribution in [3.8, 4) is 0 Å². The van der Waals surface area contributed by atoms with Crippen LogP contribution in [0.3, 0.4) is 0 Å². The molecule has 0 atom stereocenters. The van der Waals surface area contributed by atoms with Gasteiger partial charge in [0.25, 0.3) is 5.91 Å². The predicted octanol–water partition coefficient (Wildman–Crippen LogP) is 3.13. The van der Waals surface area contributed by atoms with Crippen molar-refractivity contribution >= 4 is 11.6 Å². The summed E-state index contributed by atoms with van der Waals surface area (Å²) in [7, 11) is 0. The number of hydrogen-bond donors (Lipinski definition) is 1. The summed E-state index contributed by atoms with van der Waals surface area (Å²) in [5.41, 5.74) is 1.87. The fourth-order valence-electron chi connectivity index (χ4n) is 2.18. The van der Waals surface area contributed by atoms with E-state index < -0.39 is 0 Å². The lowest BCUT2D eigenvalue weighted by molar-refractivity contribution is 0.0743. The van der Waals surface area contributed by atoms with Crippen LogP contribution in [0, 0.1) is 0 Å². The van der Waals surface area contributed by atoms with Crippen molar-refractivity contribution in [3.05, 3.63) is 29.8 Å². The van der Waals surface area contributed by atoms with E-state index in [2.05, 4.69) is 19.2 Å². The minimum atomic E-state index is 0.183. The van der Waals surface area contributed by atoms with Crippen LogP contribution in [0.25, 0.3) is 0 Å². The van der Waals surface area contributed by atoms with Gasteiger partial charge in [0.1, 0.15) is 0 Å². The molecule has 1 N–H and O–H groups in total. The fourth-order valence-corrected chi connectivity index (χ4v) is 2.18. The van der Waals surface area contributed by atoms with Gasteiger partial charge in [0.05, 0.1) is 0 Å². The summed E-state index contributed by atoms with van der Waals surface area (Å²) in [4.78, 5) is 14.4. The smallest absolute Gasteiger partial charge is 0.254 e. The summed E-state index contributed by atoms with van der Waals surface area (Å²) in [6, 6.07) is 8.30. The Labute approximate surface area is 109 Å². The van der Waals surface area contributed by atoms with Crippen LogP contribution in [-0.2, 0) is 0 Å². The van der Waals surface area contributed by atoms with Gasteiger partial charge in [-0.2, -0.15) is 0 Å². The van der Waals surface area contributed by atoms with E-state index in [0.29, 0.717) is 6.04 Å². The molecule has 1 fully saturated rings. The monoisotopic (exact) mass is 246 g/mol. The quantitative estimate of drug-likeness (QED) is 0.836. The first-order chi connectivity index (χ1) is 8.76. The number of amides is 1. The Morgan fingerprint density at radius 2 is 1.94 bits per heavy atom. The SMILES string of the molecule is CCCN(C(=O)c1ccc(NCC)cc1)C1CC1. The number of carbonyl (C=O) groups excluding carboxylic acids is 1. The number of nitrogens with zero attached hydrogens (tertiary/aromatic N) is 1. The van der Waals surface area contributed by atoms with E-state index >= 15 is 0 Å². The zero-order valence-electron chi connectivity index (χ0n) is 11.3. The highest BCUT2D eigenvalue weighted by molar-refractivity contribution is 5.95. The lowest BCUT2D eigenvalue weighted by Crippen LogP contribution is -2.33. The molecule has 0 bridgehead atoms. The van der Waals surface area contributed by atoms with Crippen molar-refractivity contribution in [1.82, 2.24) is 4.90 Å². The highest BCUT2D eigenvalue weighted by Gasteiger charge is 2.32. The third kappa shape index (κ3) is 3.03. The fraction of sp³-hybridized carbons (Fsp3) is 0.533. The molecule has 1 aliphatic carbocycles. The highest BCUT2D eigenvalue weighted by atomic mass is 16.2. The minimum absolute atomic E-state index is 0.183. The van der Waals surface area contributed by atoms with Crippen LogP contribution in [-0.4, -0.2) is 29.9 Å². The molecule has 1 aromatic carbocycles. The van der Waals surface area contributed by atoms with E-state index in [-0.39, 0.29) is 5.91 Å². The van der Waals surface area contributed by atoms with E-state index in [1.807, 2.05) is 29.2 Å². The molecule has 3 nitrogen and oxygen atoms in total. The molecule has 1 aliphatic rings. The molecule has 2 rings (SSSR count). The highest BCUT2D eigenvalue weighted by Crippen LogP contribution is 2.28. The molecule has 18 heavy (non-hydrogen) atoms. The first kappa shape index (κ1) is 12.9. The van der Waals surface area contributed by atoms with Crippen molar-refractivity contribution in [2.75, 3.05) is 18.4 Å². The molecule has 1 amide bonds. The van der Waals surface area contributed by atoms with Crippen LogP contribution < -0.4 is 5.32 Å². The average molecular weight is 246 g/mol. The summed E-state index contributed by atoms with van der Waals surface area (Å²) in [6.45, 7) is 5.96. The Morgan fingerprint density at radius 1 is 1.28 bits per heavy atom. The van der Waals surface area contributed by atoms with Crippen LogP contribution in [0.2, 0.25) is 0 Å². The second-order valence-electron chi connectivity index (χ2n) is 4.84. The van der Waals surface area contributed by atoms with Crippen LogP contribution in [0.5, 0.6) is 0 Å². The molecule has 0 unspecified atom stereocenters. The van der Waals surface area contributed by atoms with Crippen LogP contribution in [0.1, 0.15) is 43.5 Å². The topological polar surface area (TPSA) is 32.3 Å². The normalized spacial score (nSPS) is 14.3. The van der Waals surface area contributed by atoms with Crippen LogP contribution in [0.15, 0.2) is 24.3 Å². The third-order valence-corrected chi connectivity index (χ3v) is 3.23. The van der Waals surface area contributed by atoms with Gasteiger partial charge in [-0.25, -0.2) is 0 Å². The zero-order valence-corrected chi connectivity index (χ0v) is 11.3. The van der Waals surface area contributed by atoms with Crippen molar-refractivity contribution < 1.29 is 4.79 Å². The maximum Gasteiger partial charge on any atom is 0.254 e. The van der Waals surface area contributed by atoms with E-state index in [4.69, 9.17) is 0 Å². The van der Waals surface area contributed by atoms with Gasteiger partial charge in [-0.05, 0) is 50.5 Å². The largest absolute Gasteiger partial charge is 0.385 e. The molecule has 0 heterocycles. The summed E-state index contributed by atoms with van der Waals surface area (Å²) < 4.78 is 0. The van der Waals surface area contributed by atoms with Gasteiger partial charge in [-0.15, -0.1) is 0 Å². The number of nitrogens with one attached hydrogen (secondary N) is 1. The lowest BCUT2D eigenvalue weighted by Gasteiger charge is -2.21. The minimum Gasteiger partial charge on any atom is -0.385 e. The summed E-state index contributed by atoms with van der Waals surface area (Å²) in [5.74, 6) is 0.183. The third-order valence-electron chi connectivity index (χ3n) is 3.23. The first-order valence-corrected chi connectivity index (χ1v) is 6.91. The number of rotatable bonds is 6. The standard InChI is InChI=1S/C15H22N2O/c1-3-11-17(14-9-10-14)15(18)12-5-7-13(8-6-12)16-4-2/h5-8,14,16H,3-4,9-11H2,1-2H3.